The molecule has 2 aromatic heterocycles. The zero-order valence-electron chi connectivity index (χ0n) is 25.6. The van der Waals surface area contributed by atoms with Crippen LogP contribution in [0.25, 0.3) is 22.0 Å². The number of methoxy groups -OCH3 is 1. The van der Waals surface area contributed by atoms with Crippen molar-refractivity contribution in [2.45, 2.75) is 30.9 Å². The van der Waals surface area contributed by atoms with Crippen molar-refractivity contribution in [3.63, 3.8) is 0 Å². The molecule has 1 saturated heterocycles. The summed E-state index contributed by atoms with van der Waals surface area (Å²) in [5.74, 6) is -5.45. The zero-order chi connectivity index (χ0) is 35.8. The summed E-state index contributed by atoms with van der Waals surface area (Å²) in [6.45, 7) is -1.23. The molecule has 2 aromatic carbocycles. The van der Waals surface area contributed by atoms with Crippen molar-refractivity contribution in [1.82, 2.24) is 14.9 Å². The van der Waals surface area contributed by atoms with Gasteiger partial charge in [-0.05, 0) is 29.8 Å². The van der Waals surface area contributed by atoms with Crippen LogP contribution in [-0.2, 0) is 33.9 Å². The number of benzene rings is 2. The lowest BCUT2D eigenvalue weighted by Crippen LogP contribution is -2.53. The third kappa shape index (κ3) is 7.21. The Hall–Kier alpha value is -5.06. The van der Waals surface area contributed by atoms with E-state index in [2.05, 4.69) is 10.3 Å². The van der Waals surface area contributed by atoms with Gasteiger partial charge in [-0.15, -0.1) is 0 Å². The van der Waals surface area contributed by atoms with E-state index >= 15 is 8.78 Å². The van der Waals surface area contributed by atoms with Gasteiger partial charge in [0.25, 0.3) is 11.5 Å². The van der Waals surface area contributed by atoms with Crippen molar-refractivity contribution < 1.29 is 54.2 Å². The van der Waals surface area contributed by atoms with Gasteiger partial charge in [0.15, 0.2) is 0 Å². The minimum absolute atomic E-state index is 0.0435. The van der Waals surface area contributed by atoms with E-state index in [1.165, 1.54) is 30.5 Å². The van der Waals surface area contributed by atoms with Crippen molar-refractivity contribution in [3.8, 4) is 11.1 Å². The van der Waals surface area contributed by atoms with Gasteiger partial charge in [0, 0.05) is 54.6 Å². The monoisotopic (exact) mass is 698 g/mol. The third-order valence-electron chi connectivity index (χ3n) is 7.97. The van der Waals surface area contributed by atoms with Crippen LogP contribution in [0.5, 0.6) is 0 Å². The van der Waals surface area contributed by atoms with Gasteiger partial charge in [0.2, 0.25) is 0 Å². The Labute approximate surface area is 272 Å². The molecular weight excluding hydrogens is 672 g/mol. The van der Waals surface area contributed by atoms with Crippen LogP contribution in [0.2, 0.25) is 0 Å². The number of fused-ring (bicyclic) bond motifs is 1. The van der Waals surface area contributed by atoms with Gasteiger partial charge in [-0.3, -0.25) is 14.6 Å². The van der Waals surface area contributed by atoms with Crippen LogP contribution in [0, 0.1) is 11.6 Å². The lowest BCUT2D eigenvalue weighted by atomic mass is 9.95. The number of nitrogens with one attached hydrogen (secondary N) is 1. The molecule has 1 N–H and O–H groups in total. The molecule has 1 amide bonds. The Morgan fingerprint density at radius 1 is 1.06 bits per heavy atom. The molecule has 0 spiro atoms. The summed E-state index contributed by atoms with van der Waals surface area (Å²) in [6.07, 6.45) is -7.93. The van der Waals surface area contributed by atoms with Crippen LogP contribution in [0.4, 0.5) is 40.8 Å². The molecule has 1 aliphatic heterocycles. The number of hydrogen-bond acceptors (Lipinski definition) is 7. The second-order valence-electron chi connectivity index (χ2n) is 11.1. The highest BCUT2D eigenvalue weighted by atomic mass is 19.4. The van der Waals surface area contributed by atoms with Crippen molar-refractivity contribution in [1.29, 1.82) is 0 Å². The van der Waals surface area contributed by atoms with E-state index in [1.807, 2.05) is 0 Å². The van der Waals surface area contributed by atoms with Crippen LogP contribution in [0.15, 0.2) is 59.7 Å². The molecule has 0 bridgehead atoms. The summed E-state index contributed by atoms with van der Waals surface area (Å²) in [5, 5.41) is 2.46. The lowest BCUT2D eigenvalue weighted by molar-refractivity contribution is -0.167. The predicted octanol–water partition coefficient (Wildman–Crippen LogP) is 5.18. The number of ether oxygens (including phenoxy) is 2. The summed E-state index contributed by atoms with van der Waals surface area (Å²) in [6, 6.07) is 3.77. The Morgan fingerprint density at radius 2 is 1.76 bits per heavy atom. The van der Waals surface area contributed by atoms with E-state index in [9.17, 15) is 40.7 Å². The molecule has 0 aliphatic carbocycles. The van der Waals surface area contributed by atoms with E-state index in [0.29, 0.717) is 29.3 Å². The number of halogens is 8. The lowest BCUT2D eigenvalue weighted by Gasteiger charge is -2.38. The average molecular weight is 699 g/mol. The number of hydrogen-bond donors (Lipinski definition) is 1. The molecule has 17 heteroatoms. The van der Waals surface area contributed by atoms with Gasteiger partial charge in [-0.2, -0.15) is 26.3 Å². The van der Waals surface area contributed by atoms with Gasteiger partial charge in [-0.1, -0.05) is 18.2 Å². The SMILES string of the molecule is COC(=O)[C@H](Cc1ccc(-c2cc(C(F)(F)F)cn(C)c2=O)c2ncccc12)NC(=O)c1c(F)cc(N2CCOC[C@@H]2C(F)(F)F)cc1F. The maximum absolute atomic E-state index is 15.2. The number of aryl methyl sites for hydroxylation is 1. The first-order valence-electron chi connectivity index (χ1n) is 14.4. The molecule has 3 heterocycles. The highest BCUT2D eigenvalue weighted by Gasteiger charge is 2.46. The fourth-order valence-electron chi connectivity index (χ4n) is 5.60. The smallest absolute Gasteiger partial charge is 0.417 e. The van der Waals surface area contributed by atoms with Crippen LogP contribution >= 0.6 is 0 Å². The minimum atomic E-state index is -4.78. The second-order valence-corrected chi connectivity index (χ2v) is 11.1. The van der Waals surface area contributed by atoms with Gasteiger partial charge in [0.1, 0.15) is 29.3 Å². The molecule has 1 fully saturated rings. The summed E-state index contributed by atoms with van der Waals surface area (Å²) in [5.41, 5.74) is -3.37. The maximum atomic E-state index is 15.2. The van der Waals surface area contributed by atoms with E-state index < -0.39 is 76.9 Å². The average Bonchev–Trinajstić information content (AvgIpc) is 3.04. The van der Waals surface area contributed by atoms with E-state index in [1.54, 1.807) is 0 Å². The summed E-state index contributed by atoms with van der Waals surface area (Å²) >= 11 is 0. The number of nitrogens with zero attached hydrogens (tertiary/aromatic N) is 3. The highest BCUT2D eigenvalue weighted by Crippen LogP contribution is 2.35. The topological polar surface area (TPSA) is 103 Å². The number of amides is 1. The zero-order valence-corrected chi connectivity index (χ0v) is 25.6. The number of aromatic nitrogens is 2. The van der Waals surface area contributed by atoms with Gasteiger partial charge >= 0.3 is 18.3 Å². The van der Waals surface area contributed by atoms with Crippen LogP contribution in [0.1, 0.15) is 21.5 Å². The summed E-state index contributed by atoms with van der Waals surface area (Å²) in [7, 11) is 2.15. The molecule has 2 atom stereocenters. The van der Waals surface area contributed by atoms with Gasteiger partial charge < -0.3 is 24.3 Å². The van der Waals surface area contributed by atoms with Crippen LogP contribution in [-0.4, -0.2) is 66.6 Å². The summed E-state index contributed by atoms with van der Waals surface area (Å²) < 4.78 is 122. The number of pyridine rings is 2. The molecule has 0 saturated carbocycles. The second kappa shape index (κ2) is 13.4. The van der Waals surface area contributed by atoms with Crippen molar-refractivity contribution in [2.24, 2.45) is 7.05 Å². The Balaban J connectivity index is 1.47. The highest BCUT2D eigenvalue weighted by molar-refractivity contribution is 5.99. The predicted molar refractivity (Wildman–Crippen MR) is 159 cm³/mol. The normalized spacial score (nSPS) is 16.0. The van der Waals surface area contributed by atoms with Crippen molar-refractivity contribution in [3.05, 3.63) is 93.5 Å². The molecule has 1 aliphatic rings. The molecule has 5 rings (SSSR count). The first-order valence-corrected chi connectivity index (χ1v) is 14.4. The number of rotatable bonds is 7. The molecule has 260 valence electrons. The fourth-order valence-corrected chi connectivity index (χ4v) is 5.60. The van der Waals surface area contributed by atoms with E-state index in [4.69, 9.17) is 9.47 Å². The minimum Gasteiger partial charge on any atom is -0.467 e. The number of carbonyl (C=O) groups is 2. The quantitative estimate of drug-likeness (QED) is 0.210. The fraction of sp³-hybridized carbons (Fsp3) is 0.312. The number of carbonyl (C=O) groups excluding carboxylic acids is 2. The van der Waals surface area contributed by atoms with Crippen LogP contribution < -0.4 is 15.8 Å². The standard InChI is InChI=1S/C32H26F8N4O5/c1-43-14-17(31(35,36)37)11-21(29(43)46)20-6-5-16(19-4-3-7-41-27(19)20)10-24(30(47)48-2)42-28(45)26-22(33)12-18(13-23(26)34)44-8-9-49-15-25(44)32(38,39)40/h3-7,11-14,24-25H,8-10,15H2,1-2H3,(H,42,45)/t24-,25+/m0/s1. The van der Waals surface area contributed by atoms with Crippen LogP contribution in [0.3, 0.4) is 0 Å². The maximum Gasteiger partial charge on any atom is 0.417 e. The Bertz CT molecular complexity index is 1960. The van der Waals surface area contributed by atoms with Gasteiger partial charge in [-0.25, -0.2) is 13.6 Å². The first kappa shape index (κ1) is 35.3. The molecule has 0 radical (unpaired) electrons. The Morgan fingerprint density at radius 3 is 2.39 bits per heavy atom. The number of alkyl halides is 6. The first-order chi connectivity index (χ1) is 23.0. The number of anilines is 1. The number of morpholine rings is 1. The van der Waals surface area contributed by atoms with Gasteiger partial charge in [0.05, 0.1) is 31.4 Å². The van der Waals surface area contributed by atoms with E-state index in [-0.39, 0.29) is 47.2 Å². The molecule has 49 heavy (non-hydrogen) atoms. The molecule has 9 nitrogen and oxygen atoms in total. The van der Waals surface area contributed by atoms with E-state index in [0.717, 1.165) is 18.7 Å². The molecule has 0 unspecified atom stereocenters. The summed E-state index contributed by atoms with van der Waals surface area (Å²) in [4.78, 5) is 43.8. The third-order valence-corrected chi connectivity index (χ3v) is 7.97. The number of esters is 1. The Kier molecular flexibility index (Phi) is 9.68. The molecular formula is C32H26F8N4O5. The van der Waals surface area contributed by atoms with Crippen molar-refractivity contribution in [2.75, 3.05) is 31.8 Å². The van der Waals surface area contributed by atoms with Crippen molar-refractivity contribution >= 4 is 28.5 Å². The molecule has 4 aromatic rings. The largest absolute Gasteiger partial charge is 0.467 e.